The SMILES string of the molecule is Cc1cc(Br)cc(C=O)c1OCC(C)(C)O. The fraction of sp³-hybridized carbons (Fsp3) is 0.417. The van der Waals surface area contributed by atoms with E-state index in [1.54, 1.807) is 19.9 Å². The summed E-state index contributed by atoms with van der Waals surface area (Å²) in [7, 11) is 0. The molecule has 3 nitrogen and oxygen atoms in total. The van der Waals surface area contributed by atoms with Crippen LogP contribution in [0, 0.1) is 6.92 Å². The summed E-state index contributed by atoms with van der Waals surface area (Å²) in [5.41, 5.74) is 0.427. The summed E-state index contributed by atoms with van der Waals surface area (Å²) in [6.07, 6.45) is 0.747. The summed E-state index contributed by atoms with van der Waals surface area (Å²) in [5, 5.41) is 9.57. The van der Waals surface area contributed by atoms with Crippen molar-refractivity contribution in [2.75, 3.05) is 6.61 Å². The van der Waals surface area contributed by atoms with Gasteiger partial charge in [-0.1, -0.05) is 15.9 Å². The Balaban J connectivity index is 2.99. The van der Waals surface area contributed by atoms with E-state index in [9.17, 15) is 9.90 Å². The number of carbonyl (C=O) groups excluding carboxylic acids is 1. The molecule has 0 unspecified atom stereocenters. The summed E-state index contributed by atoms with van der Waals surface area (Å²) in [5.74, 6) is 0.528. The lowest BCUT2D eigenvalue weighted by atomic mass is 10.1. The lowest BCUT2D eigenvalue weighted by Gasteiger charge is -2.19. The maximum atomic E-state index is 10.9. The van der Waals surface area contributed by atoms with Crippen molar-refractivity contribution in [3.05, 3.63) is 27.7 Å². The maximum absolute atomic E-state index is 10.9. The molecule has 0 saturated heterocycles. The Bertz CT molecular complexity index is 394. The van der Waals surface area contributed by atoms with E-state index in [0.29, 0.717) is 11.3 Å². The molecule has 0 spiro atoms. The highest BCUT2D eigenvalue weighted by molar-refractivity contribution is 9.10. The van der Waals surface area contributed by atoms with Crippen molar-refractivity contribution in [3.63, 3.8) is 0 Å². The smallest absolute Gasteiger partial charge is 0.153 e. The first-order valence-electron chi connectivity index (χ1n) is 4.94. The fourth-order valence-electron chi connectivity index (χ4n) is 1.29. The van der Waals surface area contributed by atoms with Crippen molar-refractivity contribution in [1.82, 2.24) is 0 Å². The van der Waals surface area contributed by atoms with Crippen LogP contribution in [0.3, 0.4) is 0 Å². The molecule has 1 rings (SSSR count). The van der Waals surface area contributed by atoms with Gasteiger partial charge in [0.25, 0.3) is 0 Å². The number of hydrogen-bond donors (Lipinski definition) is 1. The monoisotopic (exact) mass is 286 g/mol. The van der Waals surface area contributed by atoms with Crippen LogP contribution in [0.1, 0.15) is 29.8 Å². The van der Waals surface area contributed by atoms with Gasteiger partial charge in [-0.2, -0.15) is 0 Å². The van der Waals surface area contributed by atoms with Crippen LogP contribution < -0.4 is 4.74 Å². The molecular weight excluding hydrogens is 272 g/mol. The van der Waals surface area contributed by atoms with Crippen LogP contribution in [0.25, 0.3) is 0 Å². The minimum atomic E-state index is -0.917. The number of aryl methyl sites for hydroxylation is 1. The number of ether oxygens (including phenoxy) is 1. The van der Waals surface area contributed by atoms with Crippen LogP contribution >= 0.6 is 15.9 Å². The molecule has 1 aromatic carbocycles. The van der Waals surface area contributed by atoms with Gasteiger partial charge in [0.1, 0.15) is 12.4 Å². The van der Waals surface area contributed by atoms with E-state index in [2.05, 4.69) is 15.9 Å². The number of aldehydes is 1. The summed E-state index contributed by atoms with van der Waals surface area (Å²) >= 11 is 3.31. The van der Waals surface area contributed by atoms with Gasteiger partial charge in [0, 0.05) is 4.47 Å². The van der Waals surface area contributed by atoms with Gasteiger partial charge in [-0.05, 0) is 38.5 Å². The first-order chi connectivity index (χ1) is 7.33. The van der Waals surface area contributed by atoms with Gasteiger partial charge >= 0.3 is 0 Å². The van der Waals surface area contributed by atoms with Crippen LogP contribution in [-0.2, 0) is 0 Å². The molecule has 1 N–H and O–H groups in total. The number of rotatable bonds is 4. The fourth-order valence-corrected chi connectivity index (χ4v) is 1.88. The first-order valence-corrected chi connectivity index (χ1v) is 5.73. The molecular formula is C12H15BrO3. The first kappa shape index (κ1) is 13.2. The van der Waals surface area contributed by atoms with Crippen LogP contribution in [0.15, 0.2) is 16.6 Å². The number of benzene rings is 1. The minimum absolute atomic E-state index is 0.149. The Morgan fingerprint density at radius 1 is 1.50 bits per heavy atom. The zero-order valence-corrected chi connectivity index (χ0v) is 11.2. The Hall–Kier alpha value is -0.870. The van der Waals surface area contributed by atoms with Gasteiger partial charge in [-0.15, -0.1) is 0 Å². The lowest BCUT2D eigenvalue weighted by Crippen LogP contribution is -2.28. The van der Waals surface area contributed by atoms with Gasteiger partial charge in [0.2, 0.25) is 0 Å². The standard InChI is InChI=1S/C12H15BrO3/c1-8-4-10(13)5-9(6-14)11(8)16-7-12(2,3)15/h4-6,15H,7H2,1-3H3. The van der Waals surface area contributed by atoms with E-state index < -0.39 is 5.60 Å². The van der Waals surface area contributed by atoms with Gasteiger partial charge in [-0.3, -0.25) is 4.79 Å². The highest BCUT2D eigenvalue weighted by Crippen LogP contribution is 2.27. The molecule has 0 aliphatic carbocycles. The van der Waals surface area contributed by atoms with E-state index in [4.69, 9.17) is 4.74 Å². The molecule has 1 aromatic rings. The van der Waals surface area contributed by atoms with Gasteiger partial charge in [-0.25, -0.2) is 0 Å². The molecule has 4 heteroatoms. The van der Waals surface area contributed by atoms with Gasteiger partial charge < -0.3 is 9.84 Å². The number of hydrogen-bond acceptors (Lipinski definition) is 3. The highest BCUT2D eigenvalue weighted by atomic mass is 79.9. The molecule has 0 bridgehead atoms. The Morgan fingerprint density at radius 3 is 2.62 bits per heavy atom. The second-order valence-electron chi connectivity index (χ2n) is 4.36. The quantitative estimate of drug-likeness (QED) is 0.866. The second-order valence-corrected chi connectivity index (χ2v) is 5.28. The topological polar surface area (TPSA) is 46.5 Å². The summed E-state index contributed by atoms with van der Waals surface area (Å²) in [4.78, 5) is 10.9. The Labute approximate surface area is 104 Å². The highest BCUT2D eigenvalue weighted by Gasteiger charge is 2.16. The normalized spacial score (nSPS) is 11.3. The molecule has 0 aliphatic rings. The molecule has 0 radical (unpaired) electrons. The largest absolute Gasteiger partial charge is 0.490 e. The third kappa shape index (κ3) is 3.61. The lowest BCUT2D eigenvalue weighted by molar-refractivity contribution is 0.0280. The molecule has 0 atom stereocenters. The number of aliphatic hydroxyl groups is 1. The molecule has 0 aliphatic heterocycles. The molecule has 0 heterocycles. The molecule has 88 valence electrons. The van der Waals surface area contributed by atoms with Crippen molar-refractivity contribution in [1.29, 1.82) is 0 Å². The van der Waals surface area contributed by atoms with Gasteiger partial charge in [0.05, 0.1) is 11.2 Å². The predicted molar refractivity (Wildman–Crippen MR) is 66.1 cm³/mol. The molecule has 16 heavy (non-hydrogen) atoms. The third-order valence-corrected chi connectivity index (χ3v) is 2.42. The van der Waals surface area contributed by atoms with E-state index >= 15 is 0 Å². The molecule has 0 aromatic heterocycles. The Kier molecular flexibility index (Phi) is 4.10. The van der Waals surface area contributed by atoms with E-state index in [-0.39, 0.29) is 6.61 Å². The van der Waals surface area contributed by atoms with Crippen molar-refractivity contribution in [2.24, 2.45) is 0 Å². The van der Waals surface area contributed by atoms with E-state index in [1.807, 2.05) is 13.0 Å². The maximum Gasteiger partial charge on any atom is 0.153 e. The van der Waals surface area contributed by atoms with E-state index in [0.717, 1.165) is 16.3 Å². The molecule has 0 amide bonds. The third-order valence-electron chi connectivity index (χ3n) is 1.96. The van der Waals surface area contributed by atoms with Gasteiger partial charge in [0.15, 0.2) is 6.29 Å². The summed E-state index contributed by atoms with van der Waals surface area (Å²) in [6.45, 7) is 5.32. The minimum Gasteiger partial charge on any atom is -0.490 e. The van der Waals surface area contributed by atoms with Crippen LogP contribution in [0.5, 0.6) is 5.75 Å². The zero-order valence-electron chi connectivity index (χ0n) is 9.58. The number of halogens is 1. The predicted octanol–water partition coefficient (Wildman–Crippen LogP) is 2.72. The van der Waals surface area contributed by atoms with E-state index in [1.165, 1.54) is 0 Å². The second kappa shape index (κ2) is 4.97. The van der Waals surface area contributed by atoms with Crippen molar-refractivity contribution in [2.45, 2.75) is 26.4 Å². The van der Waals surface area contributed by atoms with Crippen molar-refractivity contribution >= 4 is 22.2 Å². The van der Waals surface area contributed by atoms with Crippen molar-refractivity contribution < 1.29 is 14.6 Å². The van der Waals surface area contributed by atoms with Crippen molar-refractivity contribution in [3.8, 4) is 5.75 Å². The average Bonchev–Trinajstić information content (AvgIpc) is 2.13. The summed E-state index contributed by atoms with van der Waals surface area (Å²) in [6, 6.07) is 3.56. The molecule has 0 fully saturated rings. The Morgan fingerprint density at radius 2 is 2.12 bits per heavy atom. The zero-order chi connectivity index (χ0) is 12.3. The average molecular weight is 287 g/mol. The van der Waals surface area contributed by atoms with Crippen LogP contribution in [0.2, 0.25) is 0 Å². The van der Waals surface area contributed by atoms with Crippen LogP contribution in [0.4, 0.5) is 0 Å². The summed E-state index contributed by atoms with van der Waals surface area (Å²) < 4.78 is 6.31. The molecule has 0 saturated carbocycles. The number of carbonyl (C=O) groups is 1. The van der Waals surface area contributed by atoms with Crippen LogP contribution in [-0.4, -0.2) is 23.6 Å².